The largest absolute Gasteiger partial charge is 0.461 e. The highest BCUT2D eigenvalue weighted by Crippen LogP contribution is 2.70. The van der Waals surface area contributed by atoms with Crippen LogP contribution in [0.5, 0.6) is 0 Å². The van der Waals surface area contributed by atoms with Crippen LogP contribution in [0, 0.1) is 46.3 Å². The zero-order chi connectivity index (χ0) is 30.2. The van der Waals surface area contributed by atoms with Crippen molar-refractivity contribution in [1.82, 2.24) is 5.32 Å². The molecular formula is C35H55NO6. The van der Waals surface area contributed by atoms with Crippen LogP contribution in [0.4, 0.5) is 4.79 Å². The van der Waals surface area contributed by atoms with Crippen LogP contribution in [0.3, 0.4) is 0 Å². The Bertz CT molecular complexity index is 1100. The Morgan fingerprint density at radius 1 is 1.07 bits per heavy atom. The second kappa shape index (κ2) is 10.5. The van der Waals surface area contributed by atoms with E-state index in [-0.39, 0.29) is 17.3 Å². The molecule has 0 aromatic carbocycles. The van der Waals surface area contributed by atoms with Gasteiger partial charge in [0.05, 0.1) is 12.7 Å². The molecule has 2 saturated heterocycles. The minimum atomic E-state index is -0.748. The highest BCUT2D eigenvalue weighted by molar-refractivity contribution is 5.81. The number of allylic oxidation sites excluding steroid dienone is 1. The van der Waals surface area contributed by atoms with Gasteiger partial charge in [-0.15, -0.1) is 0 Å². The normalized spacial score (nSPS) is 46.9. The molecule has 5 fully saturated rings. The van der Waals surface area contributed by atoms with E-state index in [1.807, 2.05) is 0 Å². The van der Waals surface area contributed by atoms with Crippen molar-refractivity contribution in [3.8, 4) is 0 Å². The molecule has 236 valence electrons. The molecule has 2 heterocycles. The molecule has 2 aliphatic heterocycles. The Labute approximate surface area is 253 Å². The number of alkyl carbamates (subject to hydrolysis) is 1. The number of fused-ring (bicyclic) bond motifs is 7. The third-order valence-electron chi connectivity index (χ3n) is 12.7. The van der Waals surface area contributed by atoms with Crippen LogP contribution >= 0.6 is 0 Å². The quantitative estimate of drug-likeness (QED) is 0.279. The van der Waals surface area contributed by atoms with E-state index in [9.17, 15) is 9.59 Å². The van der Waals surface area contributed by atoms with Gasteiger partial charge in [-0.05, 0) is 113 Å². The Balaban J connectivity index is 1.10. The first kappa shape index (κ1) is 30.4. The summed E-state index contributed by atoms with van der Waals surface area (Å²) in [5.74, 6) is 2.98. The first-order valence-corrected chi connectivity index (χ1v) is 16.9. The van der Waals surface area contributed by atoms with Gasteiger partial charge in [-0.3, -0.25) is 0 Å². The lowest BCUT2D eigenvalue weighted by molar-refractivity contribution is -0.272. The summed E-state index contributed by atoms with van der Waals surface area (Å²) in [4.78, 5) is 25.0. The molecule has 0 radical (unpaired) electrons. The van der Waals surface area contributed by atoms with Gasteiger partial charge in [-0.1, -0.05) is 39.3 Å². The number of carbonyl (C=O) groups excluding carboxylic acids is 2. The monoisotopic (exact) mass is 585 g/mol. The van der Waals surface area contributed by atoms with E-state index in [2.05, 4.69) is 39.1 Å². The van der Waals surface area contributed by atoms with E-state index >= 15 is 0 Å². The van der Waals surface area contributed by atoms with Gasteiger partial charge < -0.3 is 24.3 Å². The van der Waals surface area contributed by atoms with Gasteiger partial charge in [-0.2, -0.15) is 0 Å². The fraction of sp³-hybridized carbons (Fsp3) is 0.886. The molecule has 1 N–H and O–H groups in total. The number of hydrogen-bond acceptors (Lipinski definition) is 6. The van der Waals surface area contributed by atoms with Crippen molar-refractivity contribution in [2.24, 2.45) is 46.3 Å². The third-order valence-corrected chi connectivity index (χ3v) is 12.7. The predicted octanol–water partition coefficient (Wildman–Crippen LogP) is 7.18. The first-order valence-electron chi connectivity index (χ1n) is 16.9. The van der Waals surface area contributed by atoms with Crippen molar-refractivity contribution in [3.05, 3.63) is 11.6 Å². The number of ether oxygens (including phenoxy) is 4. The Morgan fingerprint density at radius 3 is 2.52 bits per heavy atom. The zero-order valence-corrected chi connectivity index (χ0v) is 27.3. The number of esters is 1. The van der Waals surface area contributed by atoms with Gasteiger partial charge in [-0.25, -0.2) is 9.59 Å². The summed E-state index contributed by atoms with van der Waals surface area (Å²) < 4.78 is 24.7. The first-order chi connectivity index (χ1) is 19.7. The lowest BCUT2D eigenvalue weighted by atomic mass is 9.47. The van der Waals surface area contributed by atoms with Gasteiger partial charge >= 0.3 is 12.1 Å². The SMILES string of the molecule is C[C@@H]1CC[C@@]2(OC1)O[C@H]1C[C@H]3[C@@H]4CC=C5C[C@@H](OC(=O)[C@H](C)NC(=O)OC(C)(C)C)CC[C@]5(C)[C@H]4CC[C@]3(C)[C@H]1[C@@H]2C. The van der Waals surface area contributed by atoms with Crippen LogP contribution in [0.2, 0.25) is 0 Å². The second-order valence-electron chi connectivity index (χ2n) is 16.4. The Hall–Kier alpha value is -1.60. The van der Waals surface area contributed by atoms with Gasteiger partial charge in [0, 0.05) is 18.8 Å². The number of rotatable bonds is 3. The molecule has 12 atom stereocenters. The van der Waals surface area contributed by atoms with Crippen LogP contribution in [-0.2, 0) is 23.7 Å². The minimum absolute atomic E-state index is 0.139. The van der Waals surface area contributed by atoms with Crippen molar-refractivity contribution in [1.29, 1.82) is 0 Å². The average Bonchev–Trinajstić information content (AvgIpc) is 3.34. The lowest BCUT2D eigenvalue weighted by Crippen LogP contribution is -2.52. The highest BCUT2D eigenvalue weighted by Gasteiger charge is 2.68. The van der Waals surface area contributed by atoms with E-state index in [0.717, 1.165) is 38.7 Å². The fourth-order valence-corrected chi connectivity index (χ4v) is 10.6. The summed E-state index contributed by atoms with van der Waals surface area (Å²) in [5, 5.41) is 2.62. The number of hydrogen-bond donors (Lipinski definition) is 1. The summed E-state index contributed by atoms with van der Waals surface area (Å²) >= 11 is 0. The van der Waals surface area contributed by atoms with Gasteiger partial charge in [0.25, 0.3) is 0 Å². The Kier molecular flexibility index (Phi) is 7.60. The summed E-state index contributed by atoms with van der Waals surface area (Å²) in [6.45, 7) is 17.7. The van der Waals surface area contributed by atoms with Crippen molar-refractivity contribution < 1.29 is 28.5 Å². The number of nitrogens with one attached hydrogen (secondary N) is 1. The Morgan fingerprint density at radius 2 is 1.83 bits per heavy atom. The van der Waals surface area contributed by atoms with Gasteiger partial charge in [0.15, 0.2) is 5.79 Å². The molecule has 6 rings (SSSR count). The number of carbonyl (C=O) groups is 2. The second-order valence-corrected chi connectivity index (χ2v) is 16.4. The molecule has 1 amide bonds. The summed E-state index contributed by atoms with van der Waals surface area (Å²) in [7, 11) is 0. The molecule has 42 heavy (non-hydrogen) atoms. The minimum Gasteiger partial charge on any atom is -0.461 e. The standard InChI is InChI=1S/C35H55NO6/c1-20-11-16-35(39-19-20)21(2)29-28(41-35)18-27-25-10-9-23-17-24(12-14-33(23,7)26(25)13-15-34(27,29)8)40-30(37)22(3)36-31(38)42-32(4,5)6/h9,20-22,24-29H,10-19H2,1-8H3,(H,36,38)/t20-,21+,22+,24+,25-,26+,27+,28+,29+,33+,34+,35-/m1/s1. The average molecular weight is 586 g/mol. The molecule has 1 spiro atoms. The van der Waals surface area contributed by atoms with E-state index in [0.29, 0.717) is 47.0 Å². The van der Waals surface area contributed by atoms with Crippen LogP contribution in [0.1, 0.15) is 113 Å². The molecule has 0 unspecified atom stereocenters. The highest BCUT2D eigenvalue weighted by atomic mass is 16.7. The molecule has 0 aromatic heterocycles. The molecule has 6 aliphatic rings. The van der Waals surface area contributed by atoms with E-state index in [1.54, 1.807) is 27.7 Å². The number of amides is 1. The molecule has 3 saturated carbocycles. The van der Waals surface area contributed by atoms with Crippen molar-refractivity contribution in [3.63, 3.8) is 0 Å². The van der Waals surface area contributed by atoms with Gasteiger partial charge in [0.1, 0.15) is 17.7 Å². The van der Waals surface area contributed by atoms with Crippen LogP contribution in [-0.4, -0.2) is 48.3 Å². The van der Waals surface area contributed by atoms with Crippen molar-refractivity contribution in [2.45, 2.75) is 143 Å². The third kappa shape index (κ3) is 5.02. The zero-order valence-electron chi connectivity index (χ0n) is 27.3. The van der Waals surface area contributed by atoms with Crippen LogP contribution < -0.4 is 5.32 Å². The lowest BCUT2D eigenvalue weighted by Gasteiger charge is -2.58. The maximum atomic E-state index is 12.9. The molecule has 7 heteroatoms. The van der Waals surface area contributed by atoms with E-state index in [1.165, 1.54) is 31.3 Å². The molecule has 0 bridgehead atoms. The van der Waals surface area contributed by atoms with Crippen LogP contribution in [0.25, 0.3) is 0 Å². The van der Waals surface area contributed by atoms with E-state index in [4.69, 9.17) is 18.9 Å². The van der Waals surface area contributed by atoms with Crippen LogP contribution in [0.15, 0.2) is 11.6 Å². The maximum absolute atomic E-state index is 12.9. The predicted molar refractivity (Wildman–Crippen MR) is 160 cm³/mol. The van der Waals surface area contributed by atoms with Crippen molar-refractivity contribution >= 4 is 12.1 Å². The molecular weight excluding hydrogens is 530 g/mol. The smallest absolute Gasteiger partial charge is 0.408 e. The maximum Gasteiger partial charge on any atom is 0.408 e. The molecule has 7 nitrogen and oxygen atoms in total. The molecule has 4 aliphatic carbocycles. The summed E-state index contributed by atoms with van der Waals surface area (Å²) in [6, 6.07) is -0.748. The van der Waals surface area contributed by atoms with E-state index < -0.39 is 23.7 Å². The topological polar surface area (TPSA) is 83.1 Å². The molecule has 0 aromatic rings. The van der Waals surface area contributed by atoms with Crippen molar-refractivity contribution in [2.75, 3.05) is 6.61 Å². The van der Waals surface area contributed by atoms with Gasteiger partial charge in [0.2, 0.25) is 0 Å². The summed E-state index contributed by atoms with van der Waals surface area (Å²) in [6.07, 6.45) is 11.9. The fourth-order valence-electron chi connectivity index (χ4n) is 10.6. The summed E-state index contributed by atoms with van der Waals surface area (Å²) in [5.41, 5.74) is 1.35.